The Morgan fingerprint density at radius 2 is 0.759 bits per heavy atom. The molecule has 0 fully saturated rings. The number of aromatic nitrogens is 3. The van der Waals surface area contributed by atoms with E-state index in [0.717, 1.165) is 4.57 Å². The van der Waals surface area contributed by atoms with Gasteiger partial charge in [-0.1, -0.05) is 39.8 Å². The number of pyridine rings is 2. The second-order valence-corrected chi connectivity index (χ2v) is 14.6. The van der Waals surface area contributed by atoms with Crippen molar-refractivity contribution in [1.82, 2.24) is 13.7 Å². The van der Waals surface area contributed by atoms with Crippen molar-refractivity contribution in [2.24, 2.45) is 0 Å². The molecule has 0 aliphatic heterocycles. The van der Waals surface area contributed by atoms with Crippen LogP contribution >= 0.6 is 0 Å². The summed E-state index contributed by atoms with van der Waals surface area (Å²) in [7, 11) is 0. The number of rotatable bonds is 7. The third kappa shape index (κ3) is 3.67. The van der Waals surface area contributed by atoms with Gasteiger partial charge < -0.3 is 0 Å². The second kappa shape index (κ2) is 10.9. The Balaban J connectivity index is 1.57. The molecule has 0 bridgehead atoms. The largest absolute Gasteiger partial charge is 0.271 e. The van der Waals surface area contributed by atoms with Gasteiger partial charge in [-0.2, -0.15) is 0 Å². The molecule has 0 unspecified atom stereocenters. The van der Waals surface area contributed by atoms with Crippen molar-refractivity contribution >= 4 is 86.2 Å². The van der Waals surface area contributed by atoms with Crippen LogP contribution in [0.3, 0.4) is 0 Å². The van der Waals surface area contributed by atoms with Crippen LogP contribution in [0, 0.1) is 5.82 Å². The molecule has 10 aromatic rings. The smallest absolute Gasteiger partial charge is 0.266 e. The standard InChI is InChI=1S/C44H32FN3O6/c1-5-20(6-2)46-39(49)25-15-13-23-24-14-16-26-32-30(42(52)47(40(26)50)21(7-3)8-4)18-28-36(34(24)32)35-27(17-29(41(46)51)31(25)33(23)35)37-38(28)44(54)48(43(37)53)22-11-9-19(45)10-12-22/h9-18,20-21H,5-8H2,1-4H3. The van der Waals surface area contributed by atoms with Gasteiger partial charge in [0, 0.05) is 44.4 Å². The van der Waals surface area contributed by atoms with Crippen LogP contribution in [0.1, 0.15) is 65.5 Å². The van der Waals surface area contributed by atoms with Gasteiger partial charge in [-0.15, -0.1) is 0 Å². The van der Waals surface area contributed by atoms with Gasteiger partial charge in [-0.3, -0.25) is 37.9 Å². The Bertz CT molecular complexity index is 3370. The van der Waals surface area contributed by atoms with Crippen molar-refractivity contribution < 1.29 is 4.39 Å². The molecule has 0 amide bonds. The summed E-state index contributed by atoms with van der Waals surface area (Å²) in [4.78, 5) is 87.0. The highest BCUT2D eigenvalue weighted by Crippen LogP contribution is 2.50. The molecule has 0 N–H and O–H groups in total. The minimum Gasteiger partial charge on any atom is -0.271 e. The molecule has 10 heteroatoms. The van der Waals surface area contributed by atoms with Gasteiger partial charge in [0.1, 0.15) is 5.82 Å². The molecule has 0 aliphatic rings. The van der Waals surface area contributed by atoms with E-state index >= 15 is 0 Å². The van der Waals surface area contributed by atoms with Gasteiger partial charge in [0.05, 0.1) is 16.5 Å². The maximum absolute atomic E-state index is 14.7. The molecule has 3 heterocycles. The molecule has 9 nitrogen and oxygen atoms in total. The summed E-state index contributed by atoms with van der Waals surface area (Å²) >= 11 is 0. The Hall–Kier alpha value is -6.29. The molecule has 0 atom stereocenters. The fourth-order valence-electron chi connectivity index (χ4n) is 9.72. The van der Waals surface area contributed by atoms with E-state index in [2.05, 4.69) is 0 Å². The number of hydrogen-bond acceptors (Lipinski definition) is 6. The number of halogens is 1. The normalized spacial score (nSPS) is 12.9. The van der Waals surface area contributed by atoms with Crippen LogP contribution in [0.5, 0.6) is 0 Å². The highest BCUT2D eigenvalue weighted by molar-refractivity contribution is 6.48. The molecular formula is C44H32FN3O6. The van der Waals surface area contributed by atoms with Gasteiger partial charge in [-0.05, 0) is 117 Å². The third-order valence-corrected chi connectivity index (χ3v) is 12.2. The zero-order valence-electron chi connectivity index (χ0n) is 29.9. The van der Waals surface area contributed by atoms with Crippen LogP contribution in [0.25, 0.3) is 91.9 Å². The van der Waals surface area contributed by atoms with E-state index in [-0.39, 0.29) is 39.3 Å². The van der Waals surface area contributed by atoms with E-state index in [1.54, 1.807) is 24.3 Å². The van der Waals surface area contributed by atoms with Crippen molar-refractivity contribution in [1.29, 1.82) is 0 Å². The first kappa shape index (κ1) is 32.4. The van der Waals surface area contributed by atoms with Crippen LogP contribution < -0.4 is 33.4 Å². The molecule has 266 valence electrons. The number of benzene rings is 7. The van der Waals surface area contributed by atoms with Gasteiger partial charge in [0.15, 0.2) is 0 Å². The minimum absolute atomic E-state index is 0.0578. The molecule has 0 saturated carbocycles. The van der Waals surface area contributed by atoms with Crippen LogP contribution in [-0.4, -0.2) is 13.7 Å². The average molecular weight is 718 g/mol. The molecule has 3 aromatic heterocycles. The SMILES string of the molecule is CCC(CC)n1c(=O)c2ccc3c4ccc5c(=O)n(C(CC)CC)c(=O)c6cc7c8c(=O)n(-c9ccc(F)cc9)c(=O)c8c8cc(c1=O)c2c3c8c7c4c56. The molecule has 10 rings (SSSR count). The zero-order valence-corrected chi connectivity index (χ0v) is 29.9. The summed E-state index contributed by atoms with van der Waals surface area (Å²) < 4.78 is 17.7. The molecule has 0 spiro atoms. The molecule has 54 heavy (non-hydrogen) atoms. The van der Waals surface area contributed by atoms with Crippen molar-refractivity contribution in [3.63, 3.8) is 0 Å². The van der Waals surface area contributed by atoms with E-state index < -0.39 is 39.2 Å². The van der Waals surface area contributed by atoms with Crippen LogP contribution in [0.15, 0.2) is 89.4 Å². The Morgan fingerprint density at radius 1 is 0.407 bits per heavy atom. The fraction of sp³-hybridized carbons (Fsp3) is 0.227. The van der Waals surface area contributed by atoms with E-state index in [1.165, 1.54) is 33.4 Å². The van der Waals surface area contributed by atoms with Gasteiger partial charge in [0.2, 0.25) is 0 Å². The third-order valence-electron chi connectivity index (χ3n) is 12.2. The Kier molecular flexibility index (Phi) is 6.52. The number of nitrogens with zero attached hydrogens (tertiary/aromatic N) is 3. The van der Waals surface area contributed by atoms with Crippen molar-refractivity contribution in [2.75, 3.05) is 0 Å². The van der Waals surface area contributed by atoms with Crippen molar-refractivity contribution in [2.45, 2.75) is 65.5 Å². The van der Waals surface area contributed by atoms with Crippen molar-refractivity contribution in [3.05, 3.63) is 129 Å². The molecular weight excluding hydrogens is 685 g/mol. The van der Waals surface area contributed by atoms with Gasteiger partial charge in [0.25, 0.3) is 33.4 Å². The van der Waals surface area contributed by atoms with Crippen molar-refractivity contribution in [3.8, 4) is 5.69 Å². The molecule has 0 radical (unpaired) electrons. The summed E-state index contributed by atoms with van der Waals surface area (Å²) in [6.07, 6.45) is 2.22. The average Bonchev–Trinajstić information content (AvgIpc) is 3.45. The first-order valence-corrected chi connectivity index (χ1v) is 18.5. The van der Waals surface area contributed by atoms with E-state index in [9.17, 15) is 33.2 Å². The highest BCUT2D eigenvalue weighted by atomic mass is 19.1. The Labute approximate surface area is 303 Å². The summed E-state index contributed by atoms with van der Waals surface area (Å²) in [5.41, 5.74) is -2.89. The summed E-state index contributed by atoms with van der Waals surface area (Å²) in [6.45, 7) is 7.70. The van der Waals surface area contributed by atoms with Crippen LogP contribution in [0.4, 0.5) is 4.39 Å². The monoisotopic (exact) mass is 717 g/mol. The predicted octanol–water partition coefficient (Wildman–Crippen LogP) is 7.52. The van der Waals surface area contributed by atoms with Crippen LogP contribution in [0.2, 0.25) is 0 Å². The Morgan fingerprint density at radius 3 is 1.15 bits per heavy atom. The topological polar surface area (TPSA) is 117 Å². The lowest BCUT2D eigenvalue weighted by Gasteiger charge is -2.23. The lowest BCUT2D eigenvalue weighted by molar-refractivity contribution is 0.451. The van der Waals surface area contributed by atoms with Gasteiger partial charge in [-0.25, -0.2) is 8.96 Å². The quantitative estimate of drug-likeness (QED) is 0.124. The predicted molar refractivity (Wildman–Crippen MR) is 215 cm³/mol. The zero-order chi connectivity index (χ0) is 37.6. The lowest BCUT2D eigenvalue weighted by Crippen LogP contribution is -2.36. The molecule has 0 aliphatic carbocycles. The van der Waals surface area contributed by atoms with E-state index in [4.69, 9.17) is 0 Å². The van der Waals surface area contributed by atoms with E-state index in [0.29, 0.717) is 90.3 Å². The summed E-state index contributed by atoms with van der Waals surface area (Å²) in [5.74, 6) is -0.537. The number of hydrogen-bond donors (Lipinski definition) is 0. The second-order valence-electron chi connectivity index (χ2n) is 14.6. The summed E-state index contributed by atoms with van der Waals surface area (Å²) in [6, 6.07) is 14.8. The first-order chi connectivity index (χ1) is 26.1. The fourth-order valence-corrected chi connectivity index (χ4v) is 9.72. The van der Waals surface area contributed by atoms with E-state index in [1.807, 2.05) is 39.8 Å². The molecule has 7 aromatic carbocycles. The maximum Gasteiger partial charge on any atom is 0.266 e. The van der Waals surface area contributed by atoms with Gasteiger partial charge >= 0.3 is 0 Å². The number of fused-ring (bicyclic) bond motifs is 4. The highest BCUT2D eigenvalue weighted by Gasteiger charge is 2.31. The maximum atomic E-state index is 14.7. The molecule has 0 saturated heterocycles. The lowest BCUT2D eigenvalue weighted by atomic mass is 9.81. The summed E-state index contributed by atoms with van der Waals surface area (Å²) in [5, 5.41) is 6.69. The minimum atomic E-state index is -0.655. The first-order valence-electron chi connectivity index (χ1n) is 18.5. The van der Waals surface area contributed by atoms with Crippen LogP contribution in [-0.2, 0) is 0 Å².